The summed E-state index contributed by atoms with van der Waals surface area (Å²) in [4.78, 5) is 0. The molecule has 0 saturated carbocycles. The van der Waals surface area contributed by atoms with E-state index in [1.807, 2.05) is 6.92 Å². The maximum atomic E-state index is 13.4. The lowest BCUT2D eigenvalue weighted by atomic mass is 9.89. The van der Waals surface area contributed by atoms with Gasteiger partial charge in [-0.1, -0.05) is 0 Å². The molecule has 0 aromatic heterocycles. The van der Waals surface area contributed by atoms with Gasteiger partial charge in [0.25, 0.3) is 0 Å². The van der Waals surface area contributed by atoms with Crippen molar-refractivity contribution in [2.24, 2.45) is 0 Å². The van der Waals surface area contributed by atoms with Gasteiger partial charge in [-0.25, -0.2) is 4.39 Å². The molecule has 0 spiro atoms. The Morgan fingerprint density at radius 1 is 1.56 bits per heavy atom. The monoisotopic (exact) mass is 220 g/mol. The summed E-state index contributed by atoms with van der Waals surface area (Å²) in [5.74, 6) is -1.29. The summed E-state index contributed by atoms with van der Waals surface area (Å²) >= 11 is 0. The molecule has 2 rings (SSSR count). The summed E-state index contributed by atoms with van der Waals surface area (Å²) in [6.07, 6.45) is 1.93. The molecule has 0 bridgehead atoms. The van der Waals surface area contributed by atoms with Gasteiger partial charge in [0.1, 0.15) is 6.07 Å². The highest BCUT2D eigenvalue weighted by Crippen LogP contribution is 2.34. The maximum absolute atomic E-state index is 13.4. The zero-order valence-electron chi connectivity index (χ0n) is 9.05. The molecule has 4 heteroatoms. The second-order valence-corrected chi connectivity index (χ2v) is 4.33. The van der Waals surface area contributed by atoms with Crippen LogP contribution in [0.2, 0.25) is 0 Å². The number of nitriles is 1. The van der Waals surface area contributed by atoms with Gasteiger partial charge in [-0.3, -0.25) is 0 Å². The Hall–Kier alpha value is -1.60. The van der Waals surface area contributed by atoms with Crippen LogP contribution in [0.1, 0.15) is 30.9 Å². The predicted octanol–water partition coefficient (Wildman–Crippen LogP) is 2.00. The summed E-state index contributed by atoms with van der Waals surface area (Å²) in [5, 5.41) is 21.4. The molecule has 84 valence electrons. The molecule has 1 aliphatic heterocycles. The molecule has 1 heterocycles. The predicted molar refractivity (Wildman–Crippen MR) is 57.4 cm³/mol. The molecule has 0 amide bonds. The van der Waals surface area contributed by atoms with E-state index in [2.05, 4.69) is 5.32 Å². The van der Waals surface area contributed by atoms with Crippen LogP contribution in [0.3, 0.4) is 0 Å². The number of nitrogens with zero attached hydrogens (tertiary/aromatic N) is 1. The molecule has 3 nitrogen and oxygen atoms in total. The molecule has 1 aromatic rings. The molecule has 1 fully saturated rings. The van der Waals surface area contributed by atoms with E-state index < -0.39 is 11.6 Å². The van der Waals surface area contributed by atoms with Gasteiger partial charge >= 0.3 is 0 Å². The van der Waals surface area contributed by atoms with Crippen LogP contribution >= 0.6 is 0 Å². The van der Waals surface area contributed by atoms with Gasteiger partial charge in [0.2, 0.25) is 0 Å². The highest BCUT2D eigenvalue weighted by atomic mass is 19.1. The minimum Gasteiger partial charge on any atom is -0.504 e. The second kappa shape index (κ2) is 3.76. The van der Waals surface area contributed by atoms with Gasteiger partial charge < -0.3 is 10.4 Å². The minimum atomic E-state index is -0.732. The standard InChI is InChI=1S/C12H13FN2O/c1-12(3-2-4-15-12)9-5-8(7-14)11(16)10(13)6-9/h5-6,15-16H,2-4H2,1H3. The smallest absolute Gasteiger partial charge is 0.169 e. The average Bonchev–Trinajstić information content (AvgIpc) is 2.70. The van der Waals surface area contributed by atoms with Gasteiger partial charge in [-0.2, -0.15) is 5.26 Å². The molecule has 1 aliphatic rings. The van der Waals surface area contributed by atoms with Crippen LogP contribution in [0.5, 0.6) is 5.75 Å². The number of benzene rings is 1. The minimum absolute atomic E-state index is 0.00933. The van der Waals surface area contributed by atoms with Crippen molar-refractivity contribution in [1.82, 2.24) is 5.32 Å². The average molecular weight is 220 g/mol. The Morgan fingerprint density at radius 2 is 2.31 bits per heavy atom. The van der Waals surface area contributed by atoms with E-state index in [0.717, 1.165) is 24.9 Å². The first kappa shape index (κ1) is 10.9. The van der Waals surface area contributed by atoms with Crippen molar-refractivity contribution >= 4 is 0 Å². The quantitative estimate of drug-likeness (QED) is 0.761. The zero-order chi connectivity index (χ0) is 11.8. The molecular weight excluding hydrogens is 207 g/mol. The van der Waals surface area contributed by atoms with Crippen LogP contribution in [0.15, 0.2) is 12.1 Å². The van der Waals surface area contributed by atoms with Crippen molar-refractivity contribution in [3.8, 4) is 11.8 Å². The Labute approximate surface area is 93.5 Å². The summed E-state index contributed by atoms with van der Waals surface area (Å²) in [6, 6.07) is 4.65. The first-order valence-corrected chi connectivity index (χ1v) is 5.25. The van der Waals surface area contributed by atoms with Crippen LogP contribution in [0, 0.1) is 17.1 Å². The largest absolute Gasteiger partial charge is 0.504 e. The van der Waals surface area contributed by atoms with Crippen LogP contribution in [-0.2, 0) is 5.54 Å². The normalized spacial score (nSPS) is 24.3. The fourth-order valence-corrected chi connectivity index (χ4v) is 2.14. The molecule has 1 atom stereocenters. The number of hydrogen-bond donors (Lipinski definition) is 2. The highest BCUT2D eigenvalue weighted by Gasteiger charge is 2.31. The van der Waals surface area contributed by atoms with Crippen molar-refractivity contribution in [2.45, 2.75) is 25.3 Å². The lowest BCUT2D eigenvalue weighted by Crippen LogP contribution is -2.33. The number of nitrogens with one attached hydrogen (secondary N) is 1. The molecule has 2 N–H and O–H groups in total. The third kappa shape index (κ3) is 1.63. The molecule has 0 radical (unpaired) electrons. The summed E-state index contributed by atoms with van der Waals surface area (Å²) in [6.45, 7) is 2.87. The Bertz CT molecular complexity index is 459. The molecule has 1 aromatic carbocycles. The molecular formula is C12H13FN2O. The number of aromatic hydroxyl groups is 1. The van der Waals surface area contributed by atoms with Crippen molar-refractivity contribution in [3.63, 3.8) is 0 Å². The van der Waals surface area contributed by atoms with Gasteiger partial charge in [-0.15, -0.1) is 0 Å². The van der Waals surface area contributed by atoms with E-state index in [1.165, 1.54) is 6.07 Å². The van der Waals surface area contributed by atoms with E-state index >= 15 is 0 Å². The zero-order valence-corrected chi connectivity index (χ0v) is 9.05. The number of halogens is 1. The molecule has 16 heavy (non-hydrogen) atoms. The SMILES string of the molecule is CC1(c2cc(F)c(O)c(C#N)c2)CCCN1. The lowest BCUT2D eigenvalue weighted by molar-refractivity contribution is 0.413. The van der Waals surface area contributed by atoms with Crippen LogP contribution < -0.4 is 5.32 Å². The van der Waals surface area contributed by atoms with E-state index in [1.54, 1.807) is 12.1 Å². The second-order valence-electron chi connectivity index (χ2n) is 4.33. The van der Waals surface area contributed by atoms with Gasteiger partial charge in [0.15, 0.2) is 11.6 Å². The van der Waals surface area contributed by atoms with E-state index in [4.69, 9.17) is 5.26 Å². The van der Waals surface area contributed by atoms with Gasteiger partial charge in [0.05, 0.1) is 5.56 Å². The summed E-state index contributed by atoms with van der Waals surface area (Å²) < 4.78 is 13.4. The summed E-state index contributed by atoms with van der Waals surface area (Å²) in [7, 11) is 0. The lowest BCUT2D eigenvalue weighted by Gasteiger charge is -2.25. The maximum Gasteiger partial charge on any atom is 0.169 e. The number of phenolic OH excluding ortho intramolecular Hbond substituents is 1. The van der Waals surface area contributed by atoms with Crippen LogP contribution in [-0.4, -0.2) is 11.7 Å². The number of rotatable bonds is 1. The Morgan fingerprint density at radius 3 is 2.88 bits per heavy atom. The van der Waals surface area contributed by atoms with Crippen LogP contribution in [0.25, 0.3) is 0 Å². The number of hydrogen-bond acceptors (Lipinski definition) is 3. The summed E-state index contributed by atoms with van der Waals surface area (Å²) in [5.41, 5.74) is 0.418. The first-order chi connectivity index (χ1) is 7.57. The van der Waals surface area contributed by atoms with E-state index in [0.29, 0.717) is 0 Å². The first-order valence-electron chi connectivity index (χ1n) is 5.25. The van der Waals surface area contributed by atoms with Gasteiger partial charge in [0, 0.05) is 5.54 Å². The number of phenols is 1. The Balaban J connectivity index is 2.51. The van der Waals surface area contributed by atoms with Crippen molar-refractivity contribution in [3.05, 3.63) is 29.1 Å². The van der Waals surface area contributed by atoms with Crippen molar-refractivity contribution < 1.29 is 9.50 Å². The van der Waals surface area contributed by atoms with E-state index in [-0.39, 0.29) is 11.1 Å². The van der Waals surface area contributed by atoms with Crippen LogP contribution in [0.4, 0.5) is 4.39 Å². The van der Waals surface area contributed by atoms with Gasteiger partial charge in [-0.05, 0) is 44.0 Å². The van der Waals surface area contributed by atoms with Crippen molar-refractivity contribution in [2.75, 3.05) is 6.54 Å². The topological polar surface area (TPSA) is 56.0 Å². The third-order valence-corrected chi connectivity index (χ3v) is 3.19. The molecule has 1 saturated heterocycles. The third-order valence-electron chi connectivity index (χ3n) is 3.19. The fraction of sp³-hybridized carbons (Fsp3) is 0.417. The molecule has 0 aliphatic carbocycles. The van der Waals surface area contributed by atoms with Crippen molar-refractivity contribution in [1.29, 1.82) is 5.26 Å². The molecule has 1 unspecified atom stereocenters. The van der Waals surface area contributed by atoms with E-state index in [9.17, 15) is 9.50 Å². The fourth-order valence-electron chi connectivity index (χ4n) is 2.14. The highest BCUT2D eigenvalue weighted by molar-refractivity contribution is 5.47. The Kier molecular flexibility index (Phi) is 2.56.